The Morgan fingerprint density at radius 2 is 2.00 bits per heavy atom. The van der Waals surface area contributed by atoms with Gasteiger partial charge in [-0.1, -0.05) is 0 Å². The Labute approximate surface area is 145 Å². The second-order valence-corrected chi connectivity index (χ2v) is 7.06. The first-order valence-corrected chi connectivity index (χ1v) is 8.97. The van der Waals surface area contributed by atoms with Crippen molar-refractivity contribution in [3.05, 3.63) is 0 Å². The minimum atomic E-state index is -0.347. The van der Waals surface area contributed by atoms with Crippen LogP contribution in [0.3, 0.4) is 0 Å². The Kier molecular flexibility index (Phi) is 7.60. The number of ether oxygens (including phenoxy) is 2. The van der Waals surface area contributed by atoms with Gasteiger partial charge in [0.1, 0.15) is 6.10 Å². The first-order valence-electron chi connectivity index (χ1n) is 8.97. The van der Waals surface area contributed by atoms with Crippen molar-refractivity contribution in [3.8, 4) is 0 Å². The molecule has 23 heavy (non-hydrogen) atoms. The van der Waals surface area contributed by atoms with Crippen LogP contribution < -0.4 is 5.32 Å². The number of piperidine rings is 1. The lowest BCUT2D eigenvalue weighted by Gasteiger charge is -2.34. The van der Waals surface area contributed by atoms with Crippen LogP contribution in [-0.2, 0) is 14.3 Å². The van der Waals surface area contributed by atoms with Crippen LogP contribution in [0.15, 0.2) is 0 Å². The summed E-state index contributed by atoms with van der Waals surface area (Å²) in [5.41, 5.74) is 0. The van der Waals surface area contributed by atoms with Gasteiger partial charge in [-0.3, -0.25) is 4.79 Å². The second kappa shape index (κ2) is 9.21. The highest BCUT2D eigenvalue weighted by atomic mass is 35.5. The van der Waals surface area contributed by atoms with E-state index < -0.39 is 0 Å². The highest BCUT2D eigenvalue weighted by molar-refractivity contribution is 5.85. The number of carbonyl (C=O) groups excluding carboxylic acids is 1. The SMILES string of the molecule is CC(OCC1CCCO1)C(=O)N1CCC(NCC2CC2)CC1.Cl. The summed E-state index contributed by atoms with van der Waals surface area (Å²) in [7, 11) is 0. The molecule has 1 aliphatic carbocycles. The lowest BCUT2D eigenvalue weighted by molar-refractivity contribution is -0.145. The molecule has 1 N–H and O–H groups in total. The highest BCUT2D eigenvalue weighted by Gasteiger charge is 2.28. The Morgan fingerprint density at radius 3 is 2.61 bits per heavy atom. The van der Waals surface area contributed by atoms with E-state index in [1.807, 2.05) is 11.8 Å². The van der Waals surface area contributed by atoms with Gasteiger partial charge in [0.2, 0.25) is 0 Å². The molecule has 1 saturated carbocycles. The summed E-state index contributed by atoms with van der Waals surface area (Å²) < 4.78 is 11.3. The van der Waals surface area contributed by atoms with Crippen molar-refractivity contribution in [1.29, 1.82) is 0 Å². The minimum absolute atomic E-state index is 0. The lowest BCUT2D eigenvalue weighted by Crippen LogP contribution is -2.48. The summed E-state index contributed by atoms with van der Waals surface area (Å²) in [6.07, 6.45) is 6.92. The Hall–Kier alpha value is -0.360. The molecule has 2 atom stereocenters. The van der Waals surface area contributed by atoms with Crippen molar-refractivity contribution in [2.45, 2.75) is 63.7 Å². The average molecular weight is 347 g/mol. The van der Waals surface area contributed by atoms with E-state index in [2.05, 4.69) is 5.32 Å². The number of amides is 1. The Bertz CT molecular complexity index is 365. The number of nitrogens with one attached hydrogen (secondary N) is 1. The van der Waals surface area contributed by atoms with E-state index in [4.69, 9.17) is 9.47 Å². The van der Waals surface area contributed by atoms with Gasteiger partial charge >= 0.3 is 0 Å². The maximum Gasteiger partial charge on any atom is 0.251 e. The van der Waals surface area contributed by atoms with E-state index in [1.165, 1.54) is 19.4 Å². The monoisotopic (exact) mass is 346 g/mol. The maximum atomic E-state index is 12.4. The summed E-state index contributed by atoms with van der Waals surface area (Å²) in [5, 5.41) is 3.65. The molecule has 3 fully saturated rings. The normalized spacial score (nSPS) is 26.8. The largest absolute Gasteiger partial charge is 0.376 e. The second-order valence-electron chi connectivity index (χ2n) is 7.06. The van der Waals surface area contributed by atoms with Gasteiger partial charge in [-0.25, -0.2) is 0 Å². The van der Waals surface area contributed by atoms with Crippen LogP contribution in [0.25, 0.3) is 0 Å². The van der Waals surface area contributed by atoms with Gasteiger partial charge < -0.3 is 19.7 Å². The zero-order valence-electron chi connectivity index (χ0n) is 14.2. The standard InChI is InChI=1S/C17H30N2O3.ClH/c1-13(22-12-16-3-2-10-21-16)17(20)19-8-6-15(7-9-19)18-11-14-4-5-14;/h13-16,18H,2-12H2,1H3;1H. The fourth-order valence-corrected chi connectivity index (χ4v) is 3.32. The quantitative estimate of drug-likeness (QED) is 0.766. The Balaban J connectivity index is 0.00000192. The van der Waals surface area contributed by atoms with Crippen molar-refractivity contribution in [1.82, 2.24) is 10.2 Å². The lowest BCUT2D eigenvalue weighted by atomic mass is 10.0. The third kappa shape index (κ3) is 5.89. The Morgan fingerprint density at radius 1 is 1.26 bits per heavy atom. The topological polar surface area (TPSA) is 50.8 Å². The van der Waals surface area contributed by atoms with Crippen molar-refractivity contribution in [2.75, 3.05) is 32.8 Å². The zero-order chi connectivity index (χ0) is 15.4. The maximum absolute atomic E-state index is 12.4. The van der Waals surface area contributed by atoms with Crippen molar-refractivity contribution in [3.63, 3.8) is 0 Å². The average Bonchev–Trinajstić information content (AvgIpc) is 3.24. The minimum Gasteiger partial charge on any atom is -0.376 e. The molecule has 5 nitrogen and oxygen atoms in total. The van der Waals surface area contributed by atoms with Gasteiger partial charge in [-0.05, 0) is 57.9 Å². The highest BCUT2D eigenvalue weighted by Crippen LogP contribution is 2.28. The number of likely N-dealkylation sites (tertiary alicyclic amines) is 1. The predicted octanol–water partition coefficient (Wildman–Crippen LogP) is 1.98. The summed E-state index contributed by atoms with van der Waals surface area (Å²) in [5.74, 6) is 1.06. The van der Waals surface area contributed by atoms with Crippen LogP contribution in [-0.4, -0.2) is 61.9 Å². The van der Waals surface area contributed by atoms with Crippen LogP contribution in [0.1, 0.15) is 45.4 Å². The number of hydrogen-bond acceptors (Lipinski definition) is 4. The number of halogens is 1. The molecule has 1 amide bonds. The molecule has 0 radical (unpaired) electrons. The molecular weight excluding hydrogens is 316 g/mol. The number of hydrogen-bond donors (Lipinski definition) is 1. The smallest absolute Gasteiger partial charge is 0.251 e. The number of rotatable bonds is 7. The molecule has 6 heteroatoms. The van der Waals surface area contributed by atoms with Crippen LogP contribution in [0, 0.1) is 5.92 Å². The molecule has 134 valence electrons. The molecule has 0 aromatic heterocycles. The van der Waals surface area contributed by atoms with Gasteiger partial charge in [0.05, 0.1) is 12.7 Å². The third-order valence-electron chi connectivity index (χ3n) is 5.10. The fraction of sp³-hybridized carbons (Fsp3) is 0.941. The molecule has 0 bridgehead atoms. The summed E-state index contributed by atoms with van der Waals surface area (Å²) in [6, 6.07) is 0.591. The van der Waals surface area contributed by atoms with E-state index in [1.54, 1.807) is 0 Å². The fourth-order valence-electron chi connectivity index (χ4n) is 3.32. The van der Waals surface area contributed by atoms with E-state index in [-0.39, 0.29) is 30.5 Å². The first-order chi connectivity index (χ1) is 10.7. The molecule has 0 aromatic carbocycles. The first kappa shape index (κ1) is 19.0. The molecule has 3 aliphatic rings. The number of carbonyl (C=O) groups is 1. The van der Waals surface area contributed by atoms with Gasteiger partial charge in [0.15, 0.2) is 0 Å². The van der Waals surface area contributed by atoms with Crippen molar-refractivity contribution >= 4 is 18.3 Å². The molecule has 0 spiro atoms. The van der Waals surface area contributed by atoms with Crippen LogP contribution in [0.5, 0.6) is 0 Å². The number of nitrogens with zero attached hydrogens (tertiary/aromatic N) is 1. The van der Waals surface area contributed by atoms with Gasteiger partial charge in [-0.2, -0.15) is 0 Å². The third-order valence-corrected chi connectivity index (χ3v) is 5.10. The van der Waals surface area contributed by atoms with E-state index in [9.17, 15) is 4.79 Å². The molecule has 3 rings (SSSR count). The summed E-state index contributed by atoms with van der Waals surface area (Å²) in [6.45, 7) is 6.13. The van der Waals surface area contributed by atoms with E-state index >= 15 is 0 Å². The van der Waals surface area contributed by atoms with Crippen LogP contribution in [0.2, 0.25) is 0 Å². The molecule has 2 aliphatic heterocycles. The molecule has 2 saturated heterocycles. The molecule has 0 aromatic rings. The van der Waals surface area contributed by atoms with Gasteiger partial charge in [0.25, 0.3) is 5.91 Å². The van der Waals surface area contributed by atoms with Crippen molar-refractivity contribution < 1.29 is 14.3 Å². The van der Waals surface area contributed by atoms with Gasteiger partial charge in [-0.15, -0.1) is 12.4 Å². The molecule has 2 unspecified atom stereocenters. The van der Waals surface area contributed by atoms with Gasteiger partial charge in [0, 0.05) is 25.7 Å². The summed E-state index contributed by atoms with van der Waals surface area (Å²) >= 11 is 0. The van der Waals surface area contributed by atoms with Crippen LogP contribution in [0.4, 0.5) is 0 Å². The zero-order valence-corrected chi connectivity index (χ0v) is 15.0. The molecule has 2 heterocycles. The summed E-state index contributed by atoms with van der Waals surface area (Å²) in [4.78, 5) is 14.4. The van der Waals surface area contributed by atoms with E-state index in [0.29, 0.717) is 12.6 Å². The predicted molar refractivity (Wildman–Crippen MR) is 92.0 cm³/mol. The molecular formula is C17H31ClN2O3. The van der Waals surface area contributed by atoms with Crippen LogP contribution >= 0.6 is 12.4 Å². The van der Waals surface area contributed by atoms with E-state index in [0.717, 1.165) is 51.3 Å². The van der Waals surface area contributed by atoms with Crippen molar-refractivity contribution in [2.24, 2.45) is 5.92 Å².